The van der Waals surface area contributed by atoms with Crippen LogP contribution in [0.25, 0.3) is 0 Å². The Labute approximate surface area is 247 Å². The second-order valence-corrected chi connectivity index (χ2v) is 11.6. The highest BCUT2D eigenvalue weighted by Crippen LogP contribution is 2.29. The molecule has 0 saturated heterocycles. The van der Waals surface area contributed by atoms with Crippen LogP contribution in [0.1, 0.15) is 43.4 Å². The quantitative estimate of drug-likeness (QED) is 0.150. The second kappa shape index (κ2) is 14.3. The van der Waals surface area contributed by atoms with Crippen molar-refractivity contribution in [2.45, 2.75) is 38.2 Å². The van der Waals surface area contributed by atoms with Crippen LogP contribution in [-0.4, -0.2) is 33.7 Å². The number of carbonyl (C=O) groups excluding carboxylic acids is 1. The van der Waals surface area contributed by atoms with Crippen LogP contribution in [0.3, 0.4) is 0 Å². The zero-order chi connectivity index (χ0) is 30.0. The van der Waals surface area contributed by atoms with Gasteiger partial charge in [0.25, 0.3) is 15.9 Å². The fourth-order valence-corrected chi connectivity index (χ4v) is 5.57. The van der Waals surface area contributed by atoms with Gasteiger partial charge in [0.15, 0.2) is 11.5 Å². The lowest BCUT2D eigenvalue weighted by Gasteiger charge is -2.24. The van der Waals surface area contributed by atoms with Crippen molar-refractivity contribution in [3.05, 3.63) is 120 Å². The predicted octanol–water partition coefficient (Wildman–Crippen LogP) is 6.13. The molecule has 0 saturated carbocycles. The smallest absolute Gasteiger partial charge is 0.264 e. The maximum absolute atomic E-state index is 13.5. The SMILES string of the molecule is CCOc1cc(/C=N/NC(=O)CN(c2ccc(C(C)C)cc2)S(=O)(=O)c2ccccc2)ccc1OCc1ccccc1. The van der Waals surface area contributed by atoms with Crippen molar-refractivity contribution in [1.82, 2.24) is 5.43 Å². The number of benzene rings is 4. The number of rotatable bonds is 13. The van der Waals surface area contributed by atoms with Gasteiger partial charge in [-0.3, -0.25) is 9.10 Å². The van der Waals surface area contributed by atoms with Gasteiger partial charge in [0.1, 0.15) is 13.2 Å². The molecular formula is C33H35N3O5S. The number of amides is 1. The number of sulfonamides is 1. The summed E-state index contributed by atoms with van der Waals surface area (Å²) in [6.45, 7) is 6.39. The predicted molar refractivity (Wildman–Crippen MR) is 166 cm³/mol. The molecule has 0 aromatic heterocycles. The largest absolute Gasteiger partial charge is 0.490 e. The normalized spacial score (nSPS) is 11.4. The lowest BCUT2D eigenvalue weighted by atomic mass is 10.0. The fourth-order valence-electron chi connectivity index (χ4n) is 4.13. The Kier molecular flexibility index (Phi) is 10.3. The molecule has 4 aromatic carbocycles. The third kappa shape index (κ3) is 7.98. The summed E-state index contributed by atoms with van der Waals surface area (Å²) in [6.07, 6.45) is 1.47. The first kappa shape index (κ1) is 30.3. The van der Waals surface area contributed by atoms with Crippen LogP contribution in [0.15, 0.2) is 113 Å². The average Bonchev–Trinajstić information content (AvgIpc) is 3.00. The standard InChI is InChI=1S/C33H35N3O5S/c1-4-40-32-21-27(15-20-31(32)41-24-26-11-7-5-8-12-26)22-34-35-33(37)23-36(29-18-16-28(17-19-29)25(2)3)42(38,39)30-13-9-6-10-14-30/h5-22,25H,4,23-24H2,1-3H3,(H,35,37)/b34-22+. The summed E-state index contributed by atoms with van der Waals surface area (Å²) in [4.78, 5) is 13.0. The van der Waals surface area contributed by atoms with E-state index in [0.29, 0.717) is 36.0 Å². The molecule has 42 heavy (non-hydrogen) atoms. The van der Waals surface area contributed by atoms with Gasteiger partial charge in [0, 0.05) is 0 Å². The number of nitrogens with one attached hydrogen (secondary N) is 1. The Bertz CT molecular complexity index is 1590. The first-order valence-electron chi connectivity index (χ1n) is 13.7. The number of hydrogen-bond donors (Lipinski definition) is 1. The van der Waals surface area contributed by atoms with Crippen LogP contribution < -0.4 is 19.2 Å². The van der Waals surface area contributed by atoms with Gasteiger partial charge in [-0.05, 0) is 72.0 Å². The minimum absolute atomic E-state index is 0.0901. The molecule has 4 rings (SSSR count). The number of hydrazone groups is 1. The highest BCUT2D eigenvalue weighted by Gasteiger charge is 2.27. The molecule has 0 radical (unpaired) electrons. The van der Waals surface area contributed by atoms with E-state index >= 15 is 0 Å². The summed E-state index contributed by atoms with van der Waals surface area (Å²) < 4.78 is 39.9. The van der Waals surface area contributed by atoms with Crippen molar-refractivity contribution in [3.63, 3.8) is 0 Å². The van der Waals surface area contributed by atoms with E-state index in [0.717, 1.165) is 15.4 Å². The molecule has 0 fully saturated rings. The Morgan fingerprint density at radius 2 is 1.55 bits per heavy atom. The summed E-state index contributed by atoms with van der Waals surface area (Å²) >= 11 is 0. The molecule has 1 amide bonds. The van der Waals surface area contributed by atoms with E-state index in [1.54, 1.807) is 48.5 Å². The molecule has 0 unspecified atom stereocenters. The molecule has 8 nitrogen and oxygen atoms in total. The number of anilines is 1. The van der Waals surface area contributed by atoms with E-state index in [4.69, 9.17) is 9.47 Å². The average molecular weight is 586 g/mol. The maximum atomic E-state index is 13.5. The number of ether oxygens (including phenoxy) is 2. The van der Waals surface area contributed by atoms with Gasteiger partial charge in [-0.25, -0.2) is 13.8 Å². The van der Waals surface area contributed by atoms with E-state index in [1.165, 1.54) is 18.3 Å². The zero-order valence-electron chi connectivity index (χ0n) is 23.9. The molecule has 0 aliphatic carbocycles. The third-order valence-corrected chi connectivity index (χ3v) is 8.16. The van der Waals surface area contributed by atoms with Crippen molar-refractivity contribution in [2.24, 2.45) is 5.10 Å². The Morgan fingerprint density at radius 3 is 2.19 bits per heavy atom. The first-order chi connectivity index (χ1) is 20.3. The van der Waals surface area contributed by atoms with E-state index in [-0.39, 0.29) is 10.8 Å². The maximum Gasteiger partial charge on any atom is 0.264 e. The molecule has 0 heterocycles. The molecule has 218 valence electrons. The Balaban J connectivity index is 1.47. The Morgan fingerprint density at radius 1 is 0.881 bits per heavy atom. The van der Waals surface area contributed by atoms with Crippen LogP contribution in [0.2, 0.25) is 0 Å². The van der Waals surface area contributed by atoms with Gasteiger partial charge in [0.2, 0.25) is 0 Å². The van der Waals surface area contributed by atoms with Crippen molar-refractivity contribution in [2.75, 3.05) is 17.5 Å². The minimum atomic E-state index is -4.01. The van der Waals surface area contributed by atoms with Crippen molar-refractivity contribution in [1.29, 1.82) is 0 Å². The third-order valence-electron chi connectivity index (χ3n) is 6.37. The molecule has 1 N–H and O–H groups in total. The molecule has 0 spiro atoms. The first-order valence-corrected chi connectivity index (χ1v) is 15.1. The van der Waals surface area contributed by atoms with Crippen molar-refractivity contribution >= 4 is 27.8 Å². The van der Waals surface area contributed by atoms with E-state index in [1.807, 2.05) is 49.4 Å². The topological polar surface area (TPSA) is 97.3 Å². The van der Waals surface area contributed by atoms with Crippen LogP contribution >= 0.6 is 0 Å². The van der Waals surface area contributed by atoms with Crippen LogP contribution in [0.5, 0.6) is 11.5 Å². The van der Waals surface area contributed by atoms with E-state index in [9.17, 15) is 13.2 Å². The molecule has 0 bridgehead atoms. The van der Waals surface area contributed by atoms with Gasteiger partial charge in [0.05, 0.1) is 23.4 Å². The number of hydrogen-bond acceptors (Lipinski definition) is 6. The van der Waals surface area contributed by atoms with E-state index in [2.05, 4.69) is 24.4 Å². The van der Waals surface area contributed by atoms with Crippen LogP contribution in [0, 0.1) is 0 Å². The second-order valence-electron chi connectivity index (χ2n) is 9.78. The molecule has 0 aliphatic heterocycles. The van der Waals surface area contributed by atoms with Crippen molar-refractivity contribution in [3.8, 4) is 11.5 Å². The number of carbonyl (C=O) groups is 1. The van der Waals surface area contributed by atoms with Gasteiger partial charge in [-0.15, -0.1) is 0 Å². The van der Waals surface area contributed by atoms with Crippen LogP contribution in [0.4, 0.5) is 5.69 Å². The molecule has 0 aliphatic rings. The Hall–Kier alpha value is -4.63. The molecule has 0 atom stereocenters. The molecular weight excluding hydrogens is 550 g/mol. The fraction of sp³-hybridized carbons (Fsp3) is 0.212. The highest BCUT2D eigenvalue weighted by atomic mass is 32.2. The van der Waals surface area contributed by atoms with Gasteiger partial charge in [-0.1, -0.05) is 74.5 Å². The molecule has 9 heteroatoms. The van der Waals surface area contributed by atoms with E-state index < -0.39 is 22.5 Å². The monoisotopic (exact) mass is 585 g/mol. The highest BCUT2D eigenvalue weighted by molar-refractivity contribution is 7.92. The lowest BCUT2D eigenvalue weighted by Crippen LogP contribution is -2.39. The van der Waals surface area contributed by atoms with Crippen molar-refractivity contribution < 1.29 is 22.7 Å². The number of nitrogens with zero attached hydrogens (tertiary/aromatic N) is 2. The van der Waals surface area contributed by atoms with Gasteiger partial charge >= 0.3 is 0 Å². The zero-order valence-corrected chi connectivity index (χ0v) is 24.8. The minimum Gasteiger partial charge on any atom is -0.490 e. The van der Waals surface area contributed by atoms with Gasteiger partial charge in [-0.2, -0.15) is 5.10 Å². The van der Waals surface area contributed by atoms with Crippen LogP contribution in [-0.2, 0) is 21.4 Å². The summed E-state index contributed by atoms with van der Waals surface area (Å²) in [5, 5.41) is 4.06. The summed E-state index contributed by atoms with van der Waals surface area (Å²) in [7, 11) is -4.01. The summed E-state index contributed by atoms with van der Waals surface area (Å²) in [5.41, 5.74) is 5.60. The lowest BCUT2D eigenvalue weighted by molar-refractivity contribution is -0.119. The molecule has 4 aromatic rings. The van der Waals surface area contributed by atoms with Gasteiger partial charge < -0.3 is 9.47 Å². The summed E-state index contributed by atoms with van der Waals surface area (Å²) in [6, 6.07) is 30.4. The summed E-state index contributed by atoms with van der Waals surface area (Å²) in [5.74, 6) is 0.830.